The molecule has 1 heterocycles. The van der Waals surface area contributed by atoms with Crippen LogP contribution in [0.2, 0.25) is 0 Å². The average molecular weight is 284 g/mol. The van der Waals surface area contributed by atoms with Crippen molar-refractivity contribution in [2.75, 3.05) is 6.61 Å². The van der Waals surface area contributed by atoms with Crippen molar-refractivity contribution in [3.05, 3.63) is 48.0 Å². The molecule has 3 nitrogen and oxygen atoms in total. The third-order valence-corrected chi connectivity index (χ3v) is 4.51. The molecule has 2 aromatic rings. The van der Waals surface area contributed by atoms with Gasteiger partial charge in [-0.1, -0.05) is 49.4 Å². The maximum atomic E-state index is 12.3. The van der Waals surface area contributed by atoms with Crippen LogP contribution in [-0.4, -0.2) is 18.2 Å². The van der Waals surface area contributed by atoms with Gasteiger partial charge in [-0.3, -0.25) is 0 Å². The standard InChI is InChI=1S/C18H20O3/c1-4-18(16(19)20-5-2)17(3,21-18)15-12-8-10-13-9-6-7-11-14(13)15/h6-12H,4-5H2,1-3H3. The van der Waals surface area contributed by atoms with E-state index in [4.69, 9.17) is 9.47 Å². The molecular formula is C18H20O3. The molecule has 0 saturated carbocycles. The van der Waals surface area contributed by atoms with E-state index in [1.54, 1.807) is 0 Å². The van der Waals surface area contributed by atoms with Crippen molar-refractivity contribution in [3.63, 3.8) is 0 Å². The number of hydrogen-bond donors (Lipinski definition) is 0. The lowest BCUT2D eigenvalue weighted by Gasteiger charge is -2.16. The van der Waals surface area contributed by atoms with Crippen LogP contribution in [0.5, 0.6) is 0 Å². The zero-order valence-electron chi connectivity index (χ0n) is 12.7. The summed E-state index contributed by atoms with van der Waals surface area (Å²) < 4.78 is 11.2. The second kappa shape index (κ2) is 4.85. The monoisotopic (exact) mass is 284 g/mol. The third kappa shape index (κ3) is 1.88. The van der Waals surface area contributed by atoms with E-state index >= 15 is 0 Å². The van der Waals surface area contributed by atoms with Gasteiger partial charge in [0.05, 0.1) is 6.61 Å². The van der Waals surface area contributed by atoms with E-state index in [9.17, 15) is 4.79 Å². The summed E-state index contributed by atoms with van der Waals surface area (Å²) in [7, 11) is 0. The number of epoxide rings is 1. The molecule has 0 bridgehead atoms. The Balaban J connectivity index is 2.09. The quantitative estimate of drug-likeness (QED) is 0.633. The third-order valence-electron chi connectivity index (χ3n) is 4.51. The zero-order valence-corrected chi connectivity index (χ0v) is 12.7. The van der Waals surface area contributed by atoms with Gasteiger partial charge < -0.3 is 9.47 Å². The second-order valence-electron chi connectivity index (χ2n) is 5.56. The van der Waals surface area contributed by atoms with Gasteiger partial charge in [-0.05, 0) is 36.6 Å². The Morgan fingerprint density at radius 1 is 1.14 bits per heavy atom. The van der Waals surface area contributed by atoms with E-state index in [1.807, 2.05) is 45.0 Å². The van der Waals surface area contributed by atoms with Crippen LogP contribution in [-0.2, 0) is 19.9 Å². The first-order chi connectivity index (χ1) is 10.1. The Hall–Kier alpha value is -1.87. The predicted molar refractivity (Wildman–Crippen MR) is 82.0 cm³/mol. The largest absolute Gasteiger partial charge is 0.464 e. The Kier molecular flexibility index (Phi) is 3.25. The molecule has 21 heavy (non-hydrogen) atoms. The van der Waals surface area contributed by atoms with Gasteiger partial charge in [-0.2, -0.15) is 0 Å². The van der Waals surface area contributed by atoms with Gasteiger partial charge in [0.15, 0.2) is 5.60 Å². The fourth-order valence-corrected chi connectivity index (χ4v) is 3.27. The van der Waals surface area contributed by atoms with Crippen molar-refractivity contribution in [1.82, 2.24) is 0 Å². The molecule has 110 valence electrons. The Bertz CT molecular complexity index is 688. The minimum Gasteiger partial charge on any atom is -0.464 e. The van der Waals surface area contributed by atoms with Crippen molar-refractivity contribution >= 4 is 16.7 Å². The fourth-order valence-electron chi connectivity index (χ4n) is 3.27. The van der Waals surface area contributed by atoms with E-state index in [-0.39, 0.29) is 5.97 Å². The van der Waals surface area contributed by atoms with Crippen LogP contribution in [0, 0.1) is 0 Å². The molecule has 3 rings (SSSR count). The molecule has 0 N–H and O–H groups in total. The number of ether oxygens (including phenoxy) is 2. The maximum Gasteiger partial charge on any atom is 0.341 e. The van der Waals surface area contributed by atoms with Crippen molar-refractivity contribution < 1.29 is 14.3 Å². The number of benzene rings is 2. The van der Waals surface area contributed by atoms with Gasteiger partial charge >= 0.3 is 5.97 Å². The fraction of sp³-hybridized carbons (Fsp3) is 0.389. The highest BCUT2D eigenvalue weighted by Gasteiger charge is 2.72. The Labute approximate surface area is 124 Å². The lowest BCUT2D eigenvalue weighted by Crippen LogP contribution is -2.32. The van der Waals surface area contributed by atoms with Crippen molar-refractivity contribution in [3.8, 4) is 0 Å². The highest BCUT2D eigenvalue weighted by Crippen LogP contribution is 2.59. The second-order valence-corrected chi connectivity index (χ2v) is 5.56. The summed E-state index contributed by atoms with van der Waals surface area (Å²) in [4.78, 5) is 12.3. The lowest BCUT2D eigenvalue weighted by atomic mass is 9.83. The van der Waals surface area contributed by atoms with Gasteiger partial charge in [-0.25, -0.2) is 4.79 Å². The molecule has 0 amide bonds. The van der Waals surface area contributed by atoms with Crippen LogP contribution in [0.15, 0.2) is 42.5 Å². The normalized spacial score (nSPS) is 27.6. The number of carbonyl (C=O) groups is 1. The van der Waals surface area contributed by atoms with Gasteiger partial charge in [0.1, 0.15) is 5.60 Å². The molecule has 2 atom stereocenters. The van der Waals surface area contributed by atoms with E-state index < -0.39 is 11.2 Å². The minimum atomic E-state index is -0.854. The van der Waals surface area contributed by atoms with E-state index in [2.05, 4.69) is 18.2 Å². The highest BCUT2D eigenvalue weighted by molar-refractivity contribution is 5.91. The molecule has 2 aromatic carbocycles. The van der Waals surface area contributed by atoms with Gasteiger partial charge in [0, 0.05) is 0 Å². The summed E-state index contributed by atoms with van der Waals surface area (Å²) in [5, 5.41) is 2.28. The molecule has 3 heteroatoms. The molecule has 1 aliphatic heterocycles. The SMILES string of the molecule is CCOC(=O)C1(CC)OC1(C)c1cccc2ccccc12. The highest BCUT2D eigenvalue weighted by atomic mass is 16.7. The summed E-state index contributed by atoms with van der Waals surface area (Å²) in [6.07, 6.45) is 0.603. The van der Waals surface area contributed by atoms with Gasteiger partial charge in [-0.15, -0.1) is 0 Å². The summed E-state index contributed by atoms with van der Waals surface area (Å²) in [6.45, 7) is 6.14. The smallest absolute Gasteiger partial charge is 0.341 e. The first-order valence-electron chi connectivity index (χ1n) is 7.44. The molecule has 0 spiro atoms. The number of hydrogen-bond acceptors (Lipinski definition) is 3. The van der Waals surface area contributed by atoms with E-state index in [0.717, 1.165) is 16.3 Å². The molecule has 1 aliphatic rings. The van der Waals surface area contributed by atoms with Crippen LogP contribution in [0.4, 0.5) is 0 Å². The molecule has 0 radical (unpaired) electrons. The zero-order chi connectivity index (χ0) is 15.1. The molecule has 0 aliphatic carbocycles. The van der Waals surface area contributed by atoms with Gasteiger partial charge in [0.25, 0.3) is 0 Å². The Morgan fingerprint density at radius 3 is 2.57 bits per heavy atom. The minimum absolute atomic E-state index is 0.261. The predicted octanol–water partition coefficient (Wildman–Crippen LogP) is 3.80. The maximum absolute atomic E-state index is 12.3. The van der Waals surface area contributed by atoms with Crippen LogP contribution in [0.3, 0.4) is 0 Å². The Morgan fingerprint density at radius 2 is 1.86 bits per heavy atom. The average Bonchev–Trinajstić information content (AvgIpc) is 3.15. The van der Waals surface area contributed by atoms with Crippen molar-refractivity contribution in [2.45, 2.75) is 38.4 Å². The first-order valence-corrected chi connectivity index (χ1v) is 7.44. The molecule has 1 fully saturated rings. The number of rotatable bonds is 4. The molecule has 2 unspecified atom stereocenters. The summed E-state index contributed by atoms with van der Waals surface area (Å²) >= 11 is 0. The lowest BCUT2D eigenvalue weighted by molar-refractivity contribution is -0.149. The van der Waals surface area contributed by atoms with Crippen LogP contribution < -0.4 is 0 Å². The first kappa shape index (κ1) is 14.1. The molecular weight excluding hydrogens is 264 g/mol. The summed E-state index contributed by atoms with van der Waals surface area (Å²) in [5.41, 5.74) is -0.419. The van der Waals surface area contributed by atoms with E-state index in [1.165, 1.54) is 0 Å². The topological polar surface area (TPSA) is 38.8 Å². The van der Waals surface area contributed by atoms with E-state index in [0.29, 0.717) is 13.0 Å². The van der Waals surface area contributed by atoms with Crippen molar-refractivity contribution in [1.29, 1.82) is 0 Å². The van der Waals surface area contributed by atoms with Crippen LogP contribution >= 0.6 is 0 Å². The number of esters is 1. The van der Waals surface area contributed by atoms with Gasteiger partial charge in [0.2, 0.25) is 0 Å². The van der Waals surface area contributed by atoms with Crippen LogP contribution in [0.25, 0.3) is 10.8 Å². The summed E-state index contributed by atoms with van der Waals surface area (Å²) in [6, 6.07) is 14.3. The summed E-state index contributed by atoms with van der Waals surface area (Å²) in [5.74, 6) is -0.261. The van der Waals surface area contributed by atoms with Crippen molar-refractivity contribution in [2.24, 2.45) is 0 Å². The molecule has 1 saturated heterocycles. The van der Waals surface area contributed by atoms with Crippen LogP contribution in [0.1, 0.15) is 32.8 Å². The number of carbonyl (C=O) groups excluding carboxylic acids is 1. The molecule has 0 aromatic heterocycles. The number of fused-ring (bicyclic) bond motifs is 1.